The molecule has 0 aliphatic heterocycles. The molecule has 3 heterocycles. The summed E-state index contributed by atoms with van der Waals surface area (Å²) in [7, 11) is 0. The standard InChI is InChI=1S/C34H28N2S/c1-21(2)18-24-14-16-36-33-27(24)12-13-30-31(33)28-15-17-35-32(34(28)37-30)25-19-23-10-6-7-11-26(23)29(20-25)22-8-4-3-5-9-22/h3-11,14-17,19-21H,12-13,18H2,1-2H3. The molecule has 0 unspecified atom stereocenters. The third-order valence-electron chi connectivity index (χ3n) is 7.52. The van der Waals surface area contributed by atoms with Crippen LogP contribution in [0.2, 0.25) is 0 Å². The Morgan fingerprint density at radius 1 is 0.757 bits per heavy atom. The minimum absolute atomic E-state index is 0.634. The molecule has 3 aromatic carbocycles. The molecule has 0 saturated carbocycles. The van der Waals surface area contributed by atoms with Crippen LogP contribution in [0.5, 0.6) is 0 Å². The number of rotatable bonds is 4. The first-order chi connectivity index (χ1) is 18.2. The lowest BCUT2D eigenvalue weighted by Crippen LogP contribution is -2.08. The molecular formula is C34H28N2S. The summed E-state index contributed by atoms with van der Waals surface area (Å²) in [5.74, 6) is 0.634. The van der Waals surface area contributed by atoms with Crippen molar-refractivity contribution in [2.75, 3.05) is 0 Å². The first-order valence-corrected chi connectivity index (χ1v) is 13.9. The summed E-state index contributed by atoms with van der Waals surface area (Å²) in [4.78, 5) is 11.3. The molecule has 2 nitrogen and oxygen atoms in total. The molecule has 0 radical (unpaired) electrons. The fourth-order valence-corrected chi connectivity index (χ4v) is 7.22. The van der Waals surface area contributed by atoms with Crippen LogP contribution in [0.1, 0.15) is 29.9 Å². The maximum absolute atomic E-state index is 4.97. The molecule has 6 aromatic rings. The van der Waals surface area contributed by atoms with Crippen molar-refractivity contribution in [3.8, 4) is 33.6 Å². The van der Waals surface area contributed by atoms with E-state index < -0.39 is 0 Å². The Labute approximate surface area is 221 Å². The van der Waals surface area contributed by atoms with Gasteiger partial charge in [0, 0.05) is 33.8 Å². The number of hydrogen-bond donors (Lipinski definition) is 0. The van der Waals surface area contributed by atoms with Gasteiger partial charge >= 0.3 is 0 Å². The van der Waals surface area contributed by atoms with Crippen LogP contribution in [0, 0.1) is 5.92 Å². The highest BCUT2D eigenvalue weighted by molar-refractivity contribution is 7.20. The highest BCUT2D eigenvalue weighted by atomic mass is 32.1. The van der Waals surface area contributed by atoms with Gasteiger partial charge in [0.05, 0.1) is 16.1 Å². The Kier molecular flexibility index (Phi) is 5.40. The van der Waals surface area contributed by atoms with Crippen molar-refractivity contribution in [3.05, 3.63) is 107 Å². The number of thiophene rings is 1. The van der Waals surface area contributed by atoms with Gasteiger partial charge in [-0.2, -0.15) is 0 Å². The van der Waals surface area contributed by atoms with Gasteiger partial charge in [-0.15, -0.1) is 11.3 Å². The summed E-state index contributed by atoms with van der Waals surface area (Å²) in [6.45, 7) is 4.60. The lowest BCUT2D eigenvalue weighted by Gasteiger charge is -2.20. The number of benzene rings is 3. The third-order valence-corrected chi connectivity index (χ3v) is 8.79. The molecule has 0 amide bonds. The van der Waals surface area contributed by atoms with Crippen LogP contribution in [0.15, 0.2) is 91.3 Å². The molecular weight excluding hydrogens is 468 g/mol. The van der Waals surface area contributed by atoms with Gasteiger partial charge in [-0.25, -0.2) is 0 Å². The van der Waals surface area contributed by atoms with E-state index in [1.54, 1.807) is 0 Å². The van der Waals surface area contributed by atoms with Gasteiger partial charge in [-0.1, -0.05) is 68.4 Å². The number of fused-ring (bicyclic) bond motifs is 6. The average molecular weight is 497 g/mol. The smallest absolute Gasteiger partial charge is 0.0880 e. The summed E-state index contributed by atoms with van der Waals surface area (Å²) >= 11 is 1.91. The summed E-state index contributed by atoms with van der Waals surface area (Å²) < 4.78 is 1.27. The summed E-state index contributed by atoms with van der Waals surface area (Å²) in [6.07, 6.45) is 7.24. The second-order valence-corrected chi connectivity index (χ2v) is 11.5. The van der Waals surface area contributed by atoms with E-state index in [9.17, 15) is 0 Å². The largest absolute Gasteiger partial charge is 0.256 e. The van der Waals surface area contributed by atoms with Crippen LogP contribution in [0.25, 0.3) is 54.5 Å². The van der Waals surface area contributed by atoms with Crippen molar-refractivity contribution < 1.29 is 0 Å². The fourth-order valence-electron chi connectivity index (χ4n) is 5.91. The van der Waals surface area contributed by atoms with Gasteiger partial charge in [0.2, 0.25) is 0 Å². The average Bonchev–Trinajstić information content (AvgIpc) is 3.32. The van der Waals surface area contributed by atoms with Gasteiger partial charge in [0.1, 0.15) is 0 Å². The molecule has 0 N–H and O–H groups in total. The van der Waals surface area contributed by atoms with Crippen LogP contribution >= 0.6 is 11.3 Å². The third kappa shape index (κ3) is 3.77. The first-order valence-electron chi connectivity index (χ1n) is 13.1. The number of hydrogen-bond acceptors (Lipinski definition) is 3. The van der Waals surface area contributed by atoms with Crippen LogP contribution < -0.4 is 0 Å². The van der Waals surface area contributed by atoms with Crippen LogP contribution in [0.3, 0.4) is 0 Å². The Bertz CT molecular complexity index is 1780. The van der Waals surface area contributed by atoms with E-state index >= 15 is 0 Å². The van der Waals surface area contributed by atoms with Crippen molar-refractivity contribution in [1.82, 2.24) is 9.97 Å². The zero-order valence-electron chi connectivity index (χ0n) is 21.2. The second kappa shape index (κ2) is 8.93. The Balaban J connectivity index is 1.45. The molecule has 0 saturated heterocycles. The lowest BCUT2D eigenvalue weighted by atomic mass is 9.87. The monoisotopic (exact) mass is 496 g/mol. The van der Waals surface area contributed by atoms with Crippen molar-refractivity contribution in [3.63, 3.8) is 0 Å². The molecule has 0 atom stereocenters. The topological polar surface area (TPSA) is 25.8 Å². The molecule has 3 heteroatoms. The molecule has 1 aliphatic rings. The van der Waals surface area contributed by atoms with Crippen LogP contribution in [-0.4, -0.2) is 9.97 Å². The molecule has 0 fully saturated rings. The normalized spacial score (nSPS) is 12.7. The van der Waals surface area contributed by atoms with Gasteiger partial charge < -0.3 is 0 Å². The Morgan fingerprint density at radius 3 is 2.41 bits per heavy atom. The molecule has 0 spiro atoms. The van der Waals surface area contributed by atoms with Gasteiger partial charge in [0.15, 0.2) is 0 Å². The number of nitrogens with zero attached hydrogens (tertiary/aromatic N) is 2. The van der Waals surface area contributed by atoms with Crippen molar-refractivity contribution >= 4 is 32.2 Å². The quantitative estimate of drug-likeness (QED) is 0.243. The molecule has 37 heavy (non-hydrogen) atoms. The first kappa shape index (κ1) is 22.4. The minimum Gasteiger partial charge on any atom is -0.256 e. The van der Waals surface area contributed by atoms with E-state index in [1.807, 2.05) is 23.7 Å². The molecule has 1 aliphatic carbocycles. The number of aromatic nitrogens is 2. The summed E-state index contributed by atoms with van der Waals surface area (Å²) in [5, 5.41) is 3.80. The highest BCUT2D eigenvalue weighted by Gasteiger charge is 2.26. The molecule has 3 aromatic heterocycles. The van der Waals surface area contributed by atoms with Gasteiger partial charge in [-0.05, 0) is 82.5 Å². The summed E-state index contributed by atoms with van der Waals surface area (Å²) in [6, 6.07) is 28.4. The molecule has 0 bridgehead atoms. The van der Waals surface area contributed by atoms with Crippen LogP contribution in [0.4, 0.5) is 0 Å². The zero-order chi connectivity index (χ0) is 24.9. The number of aryl methyl sites for hydroxylation is 1. The number of pyridine rings is 2. The minimum atomic E-state index is 0.634. The van der Waals surface area contributed by atoms with Crippen molar-refractivity contribution in [1.29, 1.82) is 0 Å². The van der Waals surface area contributed by atoms with E-state index in [1.165, 1.54) is 64.8 Å². The van der Waals surface area contributed by atoms with Crippen molar-refractivity contribution in [2.24, 2.45) is 5.92 Å². The van der Waals surface area contributed by atoms with Gasteiger partial charge in [0.25, 0.3) is 0 Å². The predicted molar refractivity (Wildman–Crippen MR) is 157 cm³/mol. The van der Waals surface area contributed by atoms with E-state index in [0.29, 0.717) is 5.92 Å². The maximum Gasteiger partial charge on any atom is 0.0880 e. The highest BCUT2D eigenvalue weighted by Crippen LogP contribution is 2.47. The Morgan fingerprint density at radius 2 is 1.54 bits per heavy atom. The van der Waals surface area contributed by atoms with Crippen molar-refractivity contribution in [2.45, 2.75) is 33.1 Å². The fraction of sp³-hybridized carbons (Fsp3) is 0.176. The van der Waals surface area contributed by atoms with Gasteiger partial charge in [-0.3, -0.25) is 9.97 Å². The summed E-state index contributed by atoms with van der Waals surface area (Å²) in [5.41, 5.74) is 10.1. The zero-order valence-corrected chi connectivity index (χ0v) is 22.0. The SMILES string of the molecule is CC(C)Cc1ccnc2c1CCc1sc3c(-c4cc(-c5ccccc5)c5ccccc5c4)nccc3c1-2. The predicted octanol–water partition coefficient (Wildman–Crippen LogP) is 9.14. The van der Waals surface area contributed by atoms with E-state index in [2.05, 4.69) is 92.7 Å². The lowest BCUT2D eigenvalue weighted by molar-refractivity contribution is 0.641. The van der Waals surface area contributed by atoms with Crippen LogP contribution in [-0.2, 0) is 19.3 Å². The molecule has 180 valence electrons. The van der Waals surface area contributed by atoms with E-state index in [4.69, 9.17) is 9.97 Å². The maximum atomic E-state index is 4.97. The Hall–Kier alpha value is -3.82. The second-order valence-electron chi connectivity index (χ2n) is 10.4. The van der Waals surface area contributed by atoms with E-state index in [0.717, 1.165) is 25.0 Å². The molecule has 7 rings (SSSR count). The van der Waals surface area contributed by atoms with E-state index in [-0.39, 0.29) is 0 Å².